The minimum Gasteiger partial charge on any atom is -0.326 e. The maximum absolute atomic E-state index is 13.1. The molecule has 0 saturated carbocycles. The van der Waals surface area contributed by atoms with Crippen molar-refractivity contribution < 1.29 is 17.2 Å². The normalized spacial score (nSPS) is 11.6. The maximum atomic E-state index is 13.1. The molecule has 2 aromatic rings. The van der Waals surface area contributed by atoms with E-state index in [1.807, 2.05) is 0 Å². The van der Waals surface area contributed by atoms with Crippen molar-refractivity contribution in [2.24, 2.45) is 5.73 Å². The number of rotatable bonds is 4. The number of sulfonamides is 1. The van der Waals surface area contributed by atoms with Gasteiger partial charge in [0.25, 0.3) is 10.0 Å². The topological polar surface area (TPSA) is 101 Å². The predicted molar refractivity (Wildman–Crippen MR) is 68.4 cm³/mol. The number of benzene rings is 1. The second-order valence-corrected chi connectivity index (χ2v) is 5.67. The fourth-order valence-electron chi connectivity index (χ4n) is 1.66. The summed E-state index contributed by atoms with van der Waals surface area (Å²) in [6.07, 6.45) is 0. The number of H-pyrrole nitrogens is 1. The highest BCUT2D eigenvalue weighted by molar-refractivity contribution is 7.92. The third kappa shape index (κ3) is 2.63. The fraction of sp³-hybridized carbons (Fsp3) is 0.182. The number of anilines is 1. The Hall–Kier alpha value is -2.00. The molecular formula is C11H12F2N4O2S. The van der Waals surface area contributed by atoms with E-state index in [9.17, 15) is 17.2 Å². The van der Waals surface area contributed by atoms with Crippen LogP contribution in [0.15, 0.2) is 23.2 Å². The lowest BCUT2D eigenvalue weighted by atomic mass is 10.3. The molecule has 4 N–H and O–H groups in total. The van der Waals surface area contributed by atoms with Crippen molar-refractivity contribution in [1.82, 2.24) is 10.2 Å². The van der Waals surface area contributed by atoms with Crippen molar-refractivity contribution in [2.45, 2.75) is 18.5 Å². The molecule has 2 rings (SSSR count). The number of aromatic amines is 1. The van der Waals surface area contributed by atoms with Crippen LogP contribution in [0.25, 0.3) is 0 Å². The molecule has 0 spiro atoms. The Balaban J connectivity index is 2.38. The smallest absolute Gasteiger partial charge is 0.281 e. The standard InChI is InChI=1S/C11H12F2N4O2S/c1-6-8(5-14)11(16-15-6)20(18,19)17-7-2-3-9(12)10(13)4-7/h2-4,17H,5,14H2,1H3,(H,15,16). The summed E-state index contributed by atoms with van der Waals surface area (Å²) in [4.78, 5) is 0. The third-order valence-electron chi connectivity index (χ3n) is 2.67. The van der Waals surface area contributed by atoms with Gasteiger partial charge in [0.05, 0.1) is 5.69 Å². The van der Waals surface area contributed by atoms with Crippen LogP contribution in [-0.4, -0.2) is 18.6 Å². The predicted octanol–water partition coefficient (Wildman–Crippen LogP) is 1.26. The molecule has 0 aliphatic heterocycles. The lowest BCUT2D eigenvalue weighted by Gasteiger charge is -2.07. The van der Waals surface area contributed by atoms with Gasteiger partial charge in [0.2, 0.25) is 5.03 Å². The van der Waals surface area contributed by atoms with Crippen molar-refractivity contribution >= 4 is 15.7 Å². The highest BCUT2D eigenvalue weighted by Gasteiger charge is 2.23. The van der Waals surface area contributed by atoms with E-state index in [0.29, 0.717) is 11.3 Å². The highest BCUT2D eigenvalue weighted by atomic mass is 32.2. The monoisotopic (exact) mass is 302 g/mol. The van der Waals surface area contributed by atoms with E-state index >= 15 is 0 Å². The first kappa shape index (κ1) is 14.4. The first-order chi connectivity index (χ1) is 9.35. The van der Waals surface area contributed by atoms with Gasteiger partial charge in [-0.25, -0.2) is 8.78 Å². The Kier molecular flexibility index (Phi) is 3.73. The lowest BCUT2D eigenvalue weighted by Crippen LogP contribution is -2.16. The van der Waals surface area contributed by atoms with Gasteiger partial charge in [0.1, 0.15) is 0 Å². The van der Waals surface area contributed by atoms with Crippen LogP contribution in [0.5, 0.6) is 0 Å². The molecule has 0 unspecified atom stereocenters. The molecule has 1 heterocycles. The van der Waals surface area contributed by atoms with Gasteiger partial charge in [0, 0.05) is 23.9 Å². The van der Waals surface area contributed by atoms with Crippen LogP contribution >= 0.6 is 0 Å². The van der Waals surface area contributed by atoms with E-state index in [0.717, 1.165) is 18.2 Å². The van der Waals surface area contributed by atoms with Crippen LogP contribution in [0.4, 0.5) is 14.5 Å². The van der Waals surface area contributed by atoms with E-state index in [4.69, 9.17) is 5.73 Å². The van der Waals surface area contributed by atoms with E-state index < -0.39 is 21.7 Å². The molecular weight excluding hydrogens is 290 g/mol. The van der Waals surface area contributed by atoms with Crippen LogP contribution in [0, 0.1) is 18.6 Å². The summed E-state index contributed by atoms with van der Waals surface area (Å²) < 4.78 is 52.2. The lowest BCUT2D eigenvalue weighted by molar-refractivity contribution is 0.509. The Bertz CT molecular complexity index is 743. The van der Waals surface area contributed by atoms with Crippen molar-refractivity contribution in [1.29, 1.82) is 0 Å². The van der Waals surface area contributed by atoms with Gasteiger partial charge in [-0.05, 0) is 19.1 Å². The molecule has 6 nitrogen and oxygen atoms in total. The molecule has 0 aliphatic carbocycles. The van der Waals surface area contributed by atoms with Gasteiger partial charge in [-0.15, -0.1) is 0 Å². The van der Waals surface area contributed by atoms with Gasteiger partial charge in [0.15, 0.2) is 11.6 Å². The molecule has 1 aromatic carbocycles. The van der Waals surface area contributed by atoms with Gasteiger partial charge in [-0.3, -0.25) is 9.82 Å². The molecule has 108 valence electrons. The summed E-state index contributed by atoms with van der Waals surface area (Å²) in [6, 6.07) is 2.68. The summed E-state index contributed by atoms with van der Waals surface area (Å²) in [6.45, 7) is 1.61. The van der Waals surface area contributed by atoms with Gasteiger partial charge >= 0.3 is 0 Å². The molecule has 0 amide bonds. The zero-order chi connectivity index (χ0) is 14.9. The van der Waals surface area contributed by atoms with Gasteiger partial charge < -0.3 is 5.73 Å². The zero-order valence-electron chi connectivity index (χ0n) is 10.4. The number of hydrogen-bond donors (Lipinski definition) is 3. The number of hydrogen-bond acceptors (Lipinski definition) is 4. The average Bonchev–Trinajstić information content (AvgIpc) is 2.75. The molecule has 0 aliphatic rings. The molecule has 0 atom stereocenters. The number of aryl methyl sites for hydroxylation is 1. The SMILES string of the molecule is Cc1[nH]nc(S(=O)(=O)Nc2ccc(F)c(F)c2)c1CN. The number of nitrogens with one attached hydrogen (secondary N) is 2. The molecule has 0 saturated heterocycles. The van der Waals surface area contributed by atoms with E-state index in [-0.39, 0.29) is 17.3 Å². The molecule has 0 bridgehead atoms. The highest BCUT2D eigenvalue weighted by Crippen LogP contribution is 2.20. The van der Waals surface area contributed by atoms with Crippen molar-refractivity contribution in [3.05, 3.63) is 41.1 Å². The Morgan fingerprint density at radius 1 is 1.35 bits per heavy atom. The van der Waals surface area contributed by atoms with Crippen LogP contribution in [0.1, 0.15) is 11.3 Å². The molecule has 0 fully saturated rings. The number of aromatic nitrogens is 2. The Morgan fingerprint density at radius 2 is 2.05 bits per heavy atom. The summed E-state index contributed by atoms with van der Waals surface area (Å²) >= 11 is 0. The van der Waals surface area contributed by atoms with Crippen molar-refractivity contribution in [2.75, 3.05) is 4.72 Å². The minimum atomic E-state index is -4.03. The number of halogens is 2. The van der Waals surface area contributed by atoms with Crippen LogP contribution in [0.3, 0.4) is 0 Å². The molecule has 1 aromatic heterocycles. The minimum absolute atomic E-state index is 0.0175. The van der Waals surface area contributed by atoms with Crippen molar-refractivity contribution in [3.8, 4) is 0 Å². The molecule has 0 radical (unpaired) electrons. The fourth-order valence-corrected chi connectivity index (χ4v) is 2.92. The number of nitrogens with zero attached hydrogens (tertiary/aromatic N) is 1. The van der Waals surface area contributed by atoms with E-state index in [2.05, 4.69) is 14.9 Å². The van der Waals surface area contributed by atoms with E-state index in [1.165, 1.54) is 0 Å². The largest absolute Gasteiger partial charge is 0.326 e. The van der Waals surface area contributed by atoms with Gasteiger partial charge in [-0.1, -0.05) is 0 Å². The van der Waals surface area contributed by atoms with Crippen LogP contribution < -0.4 is 10.5 Å². The Morgan fingerprint density at radius 3 is 2.65 bits per heavy atom. The van der Waals surface area contributed by atoms with Gasteiger partial charge in [-0.2, -0.15) is 13.5 Å². The Labute approximate surface area is 114 Å². The van der Waals surface area contributed by atoms with Crippen LogP contribution in [-0.2, 0) is 16.6 Å². The third-order valence-corrected chi connectivity index (χ3v) is 4.02. The first-order valence-corrected chi connectivity index (χ1v) is 7.05. The second-order valence-electron chi connectivity index (χ2n) is 4.07. The summed E-state index contributed by atoms with van der Waals surface area (Å²) in [5, 5.41) is 5.93. The second kappa shape index (κ2) is 5.17. The summed E-state index contributed by atoms with van der Waals surface area (Å²) in [7, 11) is -4.03. The van der Waals surface area contributed by atoms with Crippen LogP contribution in [0.2, 0.25) is 0 Å². The van der Waals surface area contributed by atoms with Crippen molar-refractivity contribution in [3.63, 3.8) is 0 Å². The summed E-state index contributed by atoms with van der Waals surface area (Å²) in [5.74, 6) is -2.21. The summed E-state index contributed by atoms with van der Waals surface area (Å²) in [5.41, 5.74) is 6.22. The average molecular weight is 302 g/mol. The quantitative estimate of drug-likeness (QED) is 0.791. The van der Waals surface area contributed by atoms with E-state index in [1.54, 1.807) is 6.92 Å². The number of nitrogens with two attached hydrogens (primary N) is 1. The molecule has 20 heavy (non-hydrogen) atoms. The molecule has 9 heteroatoms. The zero-order valence-corrected chi connectivity index (χ0v) is 11.3. The first-order valence-electron chi connectivity index (χ1n) is 5.57. The maximum Gasteiger partial charge on any atom is 0.281 e.